The number of hydrogen-bond acceptors (Lipinski definition) is 4. The summed E-state index contributed by atoms with van der Waals surface area (Å²) in [4.78, 5) is 15.1. The zero-order valence-electron chi connectivity index (χ0n) is 26.0. The SMILES string of the molecule is N#Cc1cccc(-c2nc3ccccc3nc2-c2ccc(-c3cccc(-c4cc(-c5ccccc5)nc(-c5ccccc5)c4)c3)cc2)c1. The molecule has 2 heterocycles. The first kappa shape index (κ1) is 28.8. The number of fused-ring (bicyclic) bond motifs is 1. The molecule has 0 spiro atoms. The zero-order chi connectivity index (χ0) is 32.3. The number of rotatable bonds is 6. The lowest BCUT2D eigenvalue weighted by Gasteiger charge is -2.13. The van der Waals surface area contributed by atoms with Gasteiger partial charge in [0, 0.05) is 22.3 Å². The maximum atomic E-state index is 9.54. The minimum absolute atomic E-state index is 0.588. The molecule has 0 bridgehead atoms. The van der Waals surface area contributed by atoms with Crippen LogP contribution in [0.5, 0.6) is 0 Å². The molecule has 0 atom stereocenters. The van der Waals surface area contributed by atoms with Gasteiger partial charge in [-0.15, -0.1) is 0 Å². The van der Waals surface area contributed by atoms with Crippen molar-refractivity contribution in [3.05, 3.63) is 175 Å². The Kier molecular flexibility index (Phi) is 7.54. The topological polar surface area (TPSA) is 62.5 Å². The maximum absolute atomic E-state index is 9.54. The van der Waals surface area contributed by atoms with Crippen molar-refractivity contribution in [2.45, 2.75) is 0 Å². The standard InChI is InChI=1S/C44H28N4/c45-29-30-11-9-18-37(25-30)44-43(47-39-19-7-8-20-40(39)48-44)34-23-21-31(22-24-34)35-16-10-17-36(26-35)38-27-41(32-12-3-1-4-13-32)46-42(28-38)33-14-5-2-6-15-33/h1-28H. The van der Waals surface area contributed by atoms with Gasteiger partial charge in [0.1, 0.15) is 0 Å². The summed E-state index contributed by atoms with van der Waals surface area (Å²) in [5.41, 5.74) is 14.1. The van der Waals surface area contributed by atoms with Crippen LogP contribution in [0.25, 0.3) is 78.3 Å². The Balaban J connectivity index is 1.19. The Morgan fingerprint density at radius 3 is 1.42 bits per heavy atom. The third-order valence-electron chi connectivity index (χ3n) is 8.49. The van der Waals surface area contributed by atoms with Crippen LogP contribution in [-0.4, -0.2) is 15.0 Å². The Bertz CT molecular complexity index is 2390. The smallest absolute Gasteiger partial charge is 0.0991 e. The molecule has 0 aliphatic heterocycles. The van der Waals surface area contributed by atoms with Gasteiger partial charge in [-0.2, -0.15) is 5.26 Å². The minimum atomic E-state index is 0.588. The summed E-state index contributed by atoms with van der Waals surface area (Å²) >= 11 is 0. The number of pyridine rings is 1. The molecule has 0 saturated carbocycles. The fraction of sp³-hybridized carbons (Fsp3) is 0. The van der Waals surface area contributed by atoms with Crippen molar-refractivity contribution < 1.29 is 0 Å². The van der Waals surface area contributed by atoms with Crippen molar-refractivity contribution in [3.8, 4) is 73.4 Å². The van der Waals surface area contributed by atoms with Crippen LogP contribution in [0.4, 0.5) is 0 Å². The van der Waals surface area contributed by atoms with Crippen molar-refractivity contribution in [2.24, 2.45) is 0 Å². The van der Waals surface area contributed by atoms with Crippen LogP contribution in [-0.2, 0) is 0 Å². The quantitative estimate of drug-likeness (QED) is 0.187. The van der Waals surface area contributed by atoms with Gasteiger partial charge in [-0.1, -0.05) is 127 Å². The predicted molar refractivity (Wildman–Crippen MR) is 195 cm³/mol. The van der Waals surface area contributed by atoms with Crippen molar-refractivity contribution in [2.75, 3.05) is 0 Å². The van der Waals surface area contributed by atoms with Crippen LogP contribution in [0.3, 0.4) is 0 Å². The first-order valence-electron chi connectivity index (χ1n) is 15.8. The Morgan fingerprint density at radius 1 is 0.333 bits per heavy atom. The van der Waals surface area contributed by atoms with Gasteiger partial charge >= 0.3 is 0 Å². The summed E-state index contributed by atoms with van der Waals surface area (Å²) in [5.74, 6) is 0. The highest BCUT2D eigenvalue weighted by atomic mass is 14.8. The van der Waals surface area contributed by atoms with E-state index in [4.69, 9.17) is 15.0 Å². The summed E-state index contributed by atoms with van der Waals surface area (Å²) in [6, 6.07) is 59.8. The Hall–Kier alpha value is -6.70. The Labute approximate surface area is 279 Å². The van der Waals surface area contributed by atoms with Gasteiger partial charge in [0.05, 0.1) is 45.4 Å². The maximum Gasteiger partial charge on any atom is 0.0991 e. The highest BCUT2D eigenvalue weighted by molar-refractivity contribution is 5.87. The van der Waals surface area contributed by atoms with Gasteiger partial charge in [-0.05, 0) is 64.7 Å². The van der Waals surface area contributed by atoms with E-state index >= 15 is 0 Å². The van der Waals surface area contributed by atoms with Gasteiger partial charge < -0.3 is 0 Å². The fourth-order valence-corrected chi connectivity index (χ4v) is 6.05. The van der Waals surface area contributed by atoms with E-state index in [0.29, 0.717) is 5.56 Å². The number of benzene rings is 6. The summed E-state index contributed by atoms with van der Waals surface area (Å²) < 4.78 is 0. The lowest BCUT2D eigenvalue weighted by atomic mass is 9.95. The summed E-state index contributed by atoms with van der Waals surface area (Å²) in [5, 5.41) is 9.54. The lowest BCUT2D eigenvalue weighted by Crippen LogP contribution is -1.96. The molecule has 2 aromatic heterocycles. The largest absolute Gasteiger partial charge is 0.248 e. The van der Waals surface area contributed by atoms with Crippen LogP contribution in [0.2, 0.25) is 0 Å². The van der Waals surface area contributed by atoms with E-state index in [9.17, 15) is 5.26 Å². The monoisotopic (exact) mass is 612 g/mol. The van der Waals surface area contributed by atoms with E-state index in [1.807, 2.05) is 78.9 Å². The van der Waals surface area contributed by atoms with E-state index in [1.165, 1.54) is 0 Å². The van der Waals surface area contributed by atoms with Crippen LogP contribution in [0, 0.1) is 11.3 Å². The number of nitrogens with zero attached hydrogens (tertiary/aromatic N) is 4. The van der Waals surface area contributed by atoms with E-state index in [1.54, 1.807) is 6.07 Å². The first-order valence-corrected chi connectivity index (χ1v) is 15.8. The van der Waals surface area contributed by atoms with Gasteiger partial charge in [0.25, 0.3) is 0 Å². The van der Waals surface area contributed by atoms with E-state index < -0.39 is 0 Å². The second-order valence-electron chi connectivity index (χ2n) is 11.6. The van der Waals surface area contributed by atoms with Gasteiger partial charge in [-0.3, -0.25) is 0 Å². The summed E-state index contributed by atoms with van der Waals surface area (Å²) in [7, 11) is 0. The molecule has 0 saturated heterocycles. The summed E-state index contributed by atoms with van der Waals surface area (Å²) in [6.45, 7) is 0. The average Bonchev–Trinajstić information content (AvgIpc) is 3.18. The van der Waals surface area contributed by atoms with Crippen LogP contribution < -0.4 is 0 Å². The molecule has 0 amide bonds. The molecule has 8 aromatic rings. The van der Waals surface area contributed by atoms with Crippen LogP contribution in [0.15, 0.2) is 170 Å². The molecule has 0 N–H and O–H groups in total. The fourth-order valence-electron chi connectivity index (χ4n) is 6.05. The van der Waals surface area contributed by atoms with Crippen molar-refractivity contribution in [3.63, 3.8) is 0 Å². The van der Waals surface area contributed by atoms with E-state index in [2.05, 4.69) is 91.0 Å². The van der Waals surface area contributed by atoms with Gasteiger partial charge in [0.2, 0.25) is 0 Å². The minimum Gasteiger partial charge on any atom is -0.248 e. The van der Waals surface area contributed by atoms with Gasteiger partial charge in [-0.25, -0.2) is 15.0 Å². The number of nitriles is 1. The van der Waals surface area contributed by atoms with Crippen molar-refractivity contribution in [1.82, 2.24) is 15.0 Å². The molecule has 6 aromatic carbocycles. The second kappa shape index (κ2) is 12.6. The molecule has 4 heteroatoms. The molecule has 0 aliphatic carbocycles. The Morgan fingerprint density at radius 2 is 0.812 bits per heavy atom. The lowest BCUT2D eigenvalue weighted by molar-refractivity contribution is 1.29. The number of aromatic nitrogens is 3. The number of hydrogen-bond donors (Lipinski definition) is 0. The van der Waals surface area contributed by atoms with E-state index in [0.717, 1.165) is 78.3 Å². The van der Waals surface area contributed by atoms with Gasteiger partial charge in [0.15, 0.2) is 0 Å². The predicted octanol–water partition coefficient (Wildman–Crippen LogP) is 10.9. The molecular weight excluding hydrogens is 585 g/mol. The van der Waals surface area contributed by atoms with Crippen LogP contribution >= 0.6 is 0 Å². The normalized spacial score (nSPS) is 10.9. The molecule has 4 nitrogen and oxygen atoms in total. The first-order chi connectivity index (χ1) is 23.7. The molecule has 224 valence electrons. The van der Waals surface area contributed by atoms with Crippen molar-refractivity contribution >= 4 is 11.0 Å². The third kappa shape index (κ3) is 5.73. The average molecular weight is 613 g/mol. The van der Waals surface area contributed by atoms with E-state index in [-0.39, 0.29) is 0 Å². The van der Waals surface area contributed by atoms with Crippen molar-refractivity contribution in [1.29, 1.82) is 5.26 Å². The highest BCUT2D eigenvalue weighted by Gasteiger charge is 2.15. The molecule has 0 unspecified atom stereocenters. The molecule has 0 aliphatic rings. The zero-order valence-corrected chi connectivity index (χ0v) is 26.0. The number of para-hydroxylation sites is 2. The highest BCUT2D eigenvalue weighted by Crippen LogP contribution is 2.35. The molecule has 48 heavy (non-hydrogen) atoms. The van der Waals surface area contributed by atoms with Crippen LogP contribution in [0.1, 0.15) is 5.56 Å². The molecular formula is C44H28N4. The second-order valence-corrected chi connectivity index (χ2v) is 11.6. The third-order valence-corrected chi connectivity index (χ3v) is 8.49. The molecule has 0 radical (unpaired) electrons. The summed E-state index contributed by atoms with van der Waals surface area (Å²) in [6.07, 6.45) is 0. The molecule has 0 fully saturated rings. The molecule has 8 rings (SSSR count).